The van der Waals surface area contributed by atoms with Crippen molar-refractivity contribution in [1.29, 1.82) is 0 Å². The van der Waals surface area contributed by atoms with E-state index in [2.05, 4.69) is 5.32 Å². The third-order valence-corrected chi connectivity index (χ3v) is 2.96. The summed E-state index contributed by atoms with van der Waals surface area (Å²) < 4.78 is 1.88. The molecule has 0 aliphatic rings. The van der Waals surface area contributed by atoms with E-state index in [0.717, 1.165) is 28.4 Å². The molecular formula is C14H16N2O2. The molecular weight excluding hydrogens is 228 g/mol. The summed E-state index contributed by atoms with van der Waals surface area (Å²) in [5.74, 6) is 0.120. The second-order valence-corrected chi connectivity index (χ2v) is 4.30. The van der Waals surface area contributed by atoms with Crippen molar-refractivity contribution >= 4 is 28.7 Å². The number of rotatable bonds is 5. The number of nitrogens with one attached hydrogen (secondary N) is 1. The van der Waals surface area contributed by atoms with Crippen molar-refractivity contribution in [3.8, 4) is 0 Å². The highest BCUT2D eigenvalue weighted by molar-refractivity contribution is 5.96. The van der Waals surface area contributed by atoms with E-state index in [1.54, 1.807) is 6.92 Å². The van der Waals surface area contributed by atoms with Crippen LogP contribution in [0.2, 0.25) is 0 Å². The molecule has 2 rings (SSSR count). The van der Waals surface area contributed by atoms with E-state index in [-0.39, 0.29) is 5.78 Å². The summed E-state index contributed by atoms with van der Waals surface area (Å²) in [6.45, 7) is 1.87. The van der Waals surface area contributed by atoms with E-state index in [1.165, 1.54) is 0 Å². The first-order valence-corrected chi connectivity index (χ1v) is 5.89. The monoisotopic (exact) mass is 244 g/mol. The number of carbonyl (C=O) groups excluding carboxylic acids is 2. The molecule has 4 nitrogen and oxygen atoms in total. The van der Waals surface area contributed by atoms with Crippen molar-refractivity contribution in [2.24, 2.45) is 0 Å². The maximum Gasteiger partial charge on any atom is 0.139 e. The third kappa shape index (κ3) is 2.14. The maximum atomic E-state index is 11.3. The van der Waals surface area contributed by atoms with Crippen molar-refractivity contribution in [2.75, 3.05) is 12.4 Å². The zero-order chi connectivity index (χ0) is 13.1. The van der Waals surface area contributed by atoms with E-state index < -0.39 is 0 Å². The molecule has 4 heteroatoms. The van der Waals surface area contributed by atoms with Crippen LogP contribution in [0.25, 0.3) is 10.9 Å². The van der Waals surface area contributed by atoms with Gasteiger partial charge in [0.1, 0.15) is 12.1 Å². The van der Waals surface area contributed by atoms with Crippen LogP contribution in [0.3, 0.4) is 0 Å². The van der Waals surface area contributed by atoms with Crippen LogP contribution in [0.4, 0.5) is 5.69 Å². The van der Waals surface area contributed by atoms with E-state index in [0.29, 0.717) is 13.0 Å². The Morgan fingerprint density at radius 1 is 1.44 bits per heavy atom. The highest BCUT2D eigenvalue weighted by atomic mass is 16.1. The number of ketones is 1. The van der Waals surface area contributed by atoms with E-state index >= 15 is 0 Å². The SMILES string of the molecule is CNc1cccc2c(CC(C)=O)cn(CC=O)c12. The minimum absolute atomic E-state index is 0.120. The van der Waals surface area contributed by atoms with Gasteiger partial charge in [0, 0.05) is 25.1 Å². The zero-order valence-electron chi connectivity index (χ0n) is 10.6. The molecule has 0 amide bonds. The molecule has 1 N–H and O–H groups in total. The molecule has 0 aliphatic heterocycles. The molecule has 0 radical (unpaired) electrons. The Kier molecular flexibility index (Phi) is 3.46. The van der Waals surface area contributed by atoms with Crippen molar-refractivity contribution in [3.63, 3.8) is 0 Å². The molecule has 0 fully saturated rings. The molecule has 0 saturated heterocycles. The van der Waals surface area contributed by atoms with Gasteiger partial charge < -0.3 is 14.7 Å². The van der Waals surface area contributed by atoms with Crippen LogP contribution in [-0.4, -0.2) is 23.7 Å². The molecule has 0 bridgehead atoms. The quantitative estimate of drug-likeness (QED) is 0.819. The Labute approximate surface area is 106 Å². The van der Waals surface area contributed by atoms with Gasteiger partial charge in [0.15, 0.2) is 0 Å². The predicted octanol–water partition coefficient (Wildman–Crippen LogP) is 2.01. The molecule has 0 aliphatic carbocycles. The number of benzene rings is 1. The second kappa shape index (κ2) is 5.04. The number of Topliss-reactive ketones (excluding diaryl/α,β-unsaturated/α-hetero) is 1. The summed E-state index contributed by atoms with van der Waals surface area (Å²) in [4.78, 5) is 22.0. The summed E-state index contributed by atoms with van der Waals surface area (Å²) in [5, 5.41) is 4.14. The largest absolute Gasteiger partial charge is 0.386 e. The molecule has 0 atom stereocenters. The first kappa shape index (κ1) is 12.4. The van der Waals surface area contributed by atoms with Crippen LogP contribution >= 0.6 is 0 Å². The first-order valence-electron chi connectivity index (χ1n) is 5.89. The fourth-order valence-corrected chi connectivity index (χ4v) is 2.27. The first-order chi connectivity index (χ1) is 8.67. The smallest absolute Gasteiger partial charge is 0.139 e. The summed E-state index contributed by atoms with van der Waals surface area (Å²) in [6, 6.07) is 5.89. The van der Waals surface area contributed by atoms with Crippen LogP contribution in [0.15, 0.2) is 24.4 Å². The Morgan fingerprint density at radius 2 is 2.22 bits per heavy atom. The standard InChI is InChI=1S/C14H16N2O2/c1-10(18)8-11-9-16(6-7-17)14-12(11)4-3-5-13(14)15-2/h3-5,7,9,15H,6,8H2,1-2H3. The van der Waals surface area contributed by atoms with Crippen molar-refractivity contribution in [1.82, 2.24) is 4.57 Å². The number of hydrogen-bond acceptors (Lipinski definition) is 3. The van der Waals surface area contributed by atoms with E-state index in [9.17, 15) is 9.59 Å². The molecule has 94 valence electrons. The summed E-state index contributed by atoms with van der Waals surface area (Å²) in [5.41, 5.74) is 2.91. The molecule has 0 saturated carbocycles. The van der Waals surface area contributed by atoms with Gasteiger partial charge >= 0.3 is 0 Å². The summed E-state index contributed by atoms with van der Waals surface area (Å²) in [6.07, 6.45) is 3.15. The number of hydrogen-bond donors (Lipinski definition) is 1. The molecule has 1 aromatic carbocycles. The minimum atomic E-state index is 0.120. The van der Waals surface area contributed by atoms with Gasteiger partial charge in [-0.1, -0.05) is 12.1 Å². The Balaban J connectivity index is 2.67. The lowest BCUT2D eigenvalue weighted by Gasteiger charge is -2.06. The van der Waals surface area contributed by atoms with Gasteiger partial charge in [-0.2, -0.15) is 0 Å². The molecule has 18 heavy (non-hydrogen) atoms. The maximum absolute atomic E-state index is 11.3. The lowest BCUT2D eigenvalue weighted by molar-refractivity contribution is -0.116. The number of anilines is 1. The van der Waals surface area contributed by atoms with Gasteiger partial charge in [-0.15, -0.1) is 0 Å². The number of aromatic nitrogens is 1. The number of nitrogens with zero attached hydrogens (tertiary/aromatic N) is 1. The summed E-state index contributed by atoms with van der Waals surface area (Å²) in [7, 11) is 1.84. The normalized spacial score (nSPS) is 10.6. The van der Waals surface area contributed by atoms with Crippen LogP contribution < -0.4 is 5.32 Å². The van der Waals surface area contributed by atoms with Gasteiger partial charge in [0.25, 0.3) is 0 Å². The zero-order valence-corrected chi connectivity index (χ0v) is 10.6. The van der Waals surface area contributed by atoms with Gasteiger partial charge in [0.05, 0.1) is 17.7 Å². The van der Waals surface area contributed by atoms with Crippen molar-refractivity contribution in [3.05, 3.63) is 30.0 Å². The van der Waals surface area contributed by atoms with Gasteiger partial charge in [-0.3, -0.25) is 4.79 Å². The molecule has 0 spiro atoms. The Morgan fingerprint density at radius 3 is 2.83 bits per heavy atom. The number of para-hydroxylation sites is 1. The van der Waals surface area contributed by atoms with Crippen molar-refractivity contribution < 1.29 is 9.59 Å². The highest BCUT2D eigenvalue weighted by Crippen LogP contribution is 2.28. The lowest BCUT2D eigenvalue weighted by Crippen LogP contribution is -1.99. The van der Waals surface area contributed by atoms with E-state index in [1.807, 2.05) is 36.0 Å². The van der Waals surface area contributed by atoms with Gasteiger partial charge in [-0.05, 0) is 18.6 Å². The van der Waals surface area contributed by atoms with Crippen LogP contribution in [0, 0.1) is 0 Å². The number of fused-ring (bicyclic) bond motifs is 1. The van der Waals surface area contributed by atoms with E-state index in [4.69, 9.17) is 0 Å². The molecule has 2 aromatic rings. The second-order valence-electron chi connectivity index (χ2n) is 4.30. The summed E-state index contributed by atoms with van der Waals surface area (Å²) >= 11 is 0. The van der Waals surface area contributed by atoms with Crippen LogP contribution in [-0.2, 0) is 22.6 Å². The molecule has 1 heterocycles. The fourth-order valence-electron chi connectivity index (χ4n) is 2.27. The van der Waals surface area contributed by atoms with Crippen LogP contribution in [0.1, 0.15) is 12.5 Å². The van der Waals surface area contributed by atoms with Gasteiger partial charge in [0.2, 0.25) is 0 Å². The average molecular weight is 244 g/mol. The van der Waals surface area contributed by atoms with Crippen LogP contribution in [0.5, 0.6) is 0 Å². The Bertz CT molecular complexity index is 599. The average Bonchev–Trinajstić information content (AvgIpc) is 2.68. The number of aldehydes is 1. The predicted molar refractivity (Wildman–Crippen MR) is 71.9 cm³/mol. The van der Waals surface area contributed by atoms with Gasteiger partial charge in [-0.25, -0.2) is 0 Å². The molecule has 1 aromatic heterocycles. The highest BCUT2D eigenvalue weighted by Gasteiger charge is 2.12. The number of carbonyl (C=O) groups is 2. The lowest BCUT2D eigenvalue weighted by atomic mass is 10.1. The van der Waals surface area contributed by atoms with Crippen molar-refractivity contribution in [2.45, 2.75) is 19.9 Å². The minimum Gasteiger partial charge on any atom is -0.386 e. The fraction of sp³-hybridized carbons (Fsp3) is 0.286. The Hall–Kier alpha value is -2.10. The third-order valence-electron chi connectivity index (χ3n) is 2.96. The molecule has 0 unspecified atom stereocenters. The topological polar surface area (TPSA) is 51.1 Å².